The highest BCUT2D eigenvalue weighted by Crippen LogP contribution is 2.34. The van der Waals surface area contributed by atoms with Crippen LogP contribution in [0.5, 0.6) is 11.5 Å². The molecule has 1 amide bonds. The van der Waals surface area contributed by atoms with Crippen molar-refractivity contribution in [3.63, 3.8) is 0 Å². The van der Waals surface area contributed by atoms with Gasteiger partial charge in [-0.3, -0.25) is 4.79 Å². The van der Waals surface area contributed by atoms with Crippen molar-refractivity contribution in [2.45, 2.75) is 32.1 Å². The smallest absolute Gasteiger partial charge is 0.225 e. The van der Waals surface area contributed by atoms with Crippen molar-refractivity contribution in [3.8, 4) is 22.8 Å². The van der Waals surface area contributed by atoms with Crippen LogP contribution in [0.3, 0.4) is 0 Å². The van der Waals surface area contributed by atoms with Gasteiger partial charge >= 0.3 is 0 Å². The van der Waals surface area contributed by atoms with Crippen LogP contribution in [0.15, 0.2) is 36.4 Å². The number of aromatic nitrogens is 1. The summed E-state index contributed by atoms with van der Waals surface area (Å²) in [4.78, 5) is 16.6. The topological polar surface area (TPSA) is 86.5 Å². The number of nitrogens with zero attached hydrogens (tertiary/aromatic N) is 1. The summed E-state index contributed by atoms with van der Waals surface area (Å²) >= 11 is 0. The van der Waals surface area contributed by atoms with Gasteiger partial charge in [0, 0.05) is 12.0 Å². The van der Waals surface area contributed by atoms with E-state index in [1.54, 1.807) is 6.07 Å². The Bertz CT molecular complexity index is 749. The van der Waals surface area contributed by atoms with Gasteiger partial charge in [0.25, 0.3) is 0 Å². The van der Waals surface area contributed by atoms with E-state index >= 15 is 0 Å². The number of nitrogens with one attached hydrogen (secondary N) is 1. The van der Waals surface area contributed by atoms with Gasteiger partial charge in [-0.15, -0.1) is 0 Å². The van der Waals surface area contributed by atoms with E-state index in [1.165, 1.54) is 0 Å². The zero-order chi connectivity index (χ0) is 18.2. The van der Waals surface area contributed by atoms with E-state index in [9.17, 15) is 4.79 Å². The molecular formula is C20H25N3O3. The third kappa shape index (κ3) is 4.95. The molecule has 1 aliphatic heterocycles. The van der Waals surface area contributed by atoms with E-state index in [-0.39, 0.29) is 5.91 Å². The number of rotatable bonds is 8. The van der Waals surface area contributed by atoms with E-state index in [0.29, 0.717) is 32.0 Å². The summed E-state index contributed by atoms with van der Waals surface area (Å²) < 4.78 is 11.2. The Morgan fingerprint density at radius 3 is 2.69 bits per heavy atom. The lowest BCUT2D eigenvalue weighted by Gasteiger charge is -2.18. The maximum atomic E-state index is 12.1. The Balaban J connectivity index is 1.60. The van der Waals surface area contributed by atoms with Crippen molar-refractivity contribution in [1.82, 2.24) is 4.98 Å². The Kier molecular flexibility index (Phi) is 6.44. The van der Waals surface area contributed by atoms with Gasteiger partial charge in [-0.1, -0.05) is 18.9 Å². The zero-order valence-corrected chi connectivity index (χ0v) is 14.9. The second-order valence-corrected chi connectivity index (χ2v) is 6.27. The summed E-state index contributed by atoms with van der Waals surface area (Å²) in [5.41, 5.74) is 7.17. The maximum absolute atomic E-state index is 12.1. The van der Waals surface area contributed by atoms with Gasteiger partial charge in [0.2, 0.25) is 5.91 Å². The van der Waals surface area contributed by atoms with Crippen LogP contribution in [-0.2, 0) is 4.79 Å². The number of carbonyl (C=O) groups excluding carboxylic acids is 1. The first-order chi connectivity index (χ1) is 12.8. The molecule has 0 atom stereocenters. The minimum Gasteiger partial charge on any atom is -0.486 e. The fourth-order valence-corrected chi connectivity index (χ4v) is 2.86. The van der Waals surface area contributed by atoms with Gasteiger partial charge in [0.15, 0.2) is 11.5 Å². The van der Waals surface area contributed by atoms with E-state index in [4.69, 9.17) is 15.2 Å². The van der Waals surface area contributed by atoms with Gasteiger partial charge in [0.05, 0.1) is 5.69 Å². The van der Waals surface area contributed by atoms with Crippen molar-refractivity contribution < 1.29 is 14.3 Å². The molecule has 1 aromatic carbocycles. The third-order valence-electron chi connectivity index (χ3n) is 4.21. The molecule has 138 valence electrons. The number of anilines is 1. The number of nitrogens with two attached hydrogens (primary N) is 1. The average Bonchev–Trinajstić information content (AvgIpc) is 2.67. The summed E-state index contributed by atoms with van der Waals surface area (Å²) in [5, 5.41) is 2.87. The maximum Gasteiger partial charge on any atom is 0.225 e. The summed E-state index contributed by atoms with van der Waals surface area (Å²) in [5.74, 6) is 2.02. The molecule has 0 saturated carbocycles. The van der Waals surface area contributed by atoms with E-state index < -0.39 is 0 Å². The highest BCUT2D eigenvalue weighted by molar-refractivity contribution is 5.90. The minimum absolute atomic E-state index is 0.00965. The molecule has 26 heavy (non-hydrogen) atoms. The predicted molar refractivity (Wildman–Crippen MR) is 101 cm³/mol. The van der Waals surface area contributed by atoms with Crippen LogP contribution < -0.4 is 20.5 Å². The standard InChI is InChI=1S/C20H25N3O3/c21-11-4-2-1-3-8-20(24)23-19-7-5-6-16(22-19)15-9-10-17-18(14-15)26-13-12-25-17/h5-7,9-10,14H,1-4,8,11-13,21H2,(H,22,23,24). The normalized spacial score (nSPS) is 12.7. The first-order valence-electron chi connectivity index (χ1n) is 9.13. The highest BCUT2D eigenvalue weighted by atomic mass is 16.6. The molecule has 3 rings (SSSR count). The monoisotopic (exact) mass is 355 g/mol. The Morgan fingerprint density at radius 2 is 1.85 bits per heavy atom. The molecule has 0 aliphatic carbocycles. The first-order valence-corrected chi connectivity index (χ1v) is 9.13. The summed E-state index contributed by atoms with van der Waals surface area (Å²) in [6.45, 7) is 1.83. The number of benzene rings is 1. The largest absolute Gasteiger partial charge is 0.486 e. The van der Waals surface area contributed by atoms with Crippen LogP contribution in [0, 0.1) is 0 Å². The molecule has 0 radical (unpaired) electrons. The molecule has 1 aliphatic rings. The summed E-state index contributed by atoms with van der Waals surface area (Å²) in [6.07, 6.45) is 4.48. The van der Waals surface area contributed by atoms with Crippen LogP contribution in [0.1, 0.15) is 32.1 Å². The lowest BCUT2D eigenvalue weighted by molar-refractivity contribution is -0.116. The Morgan fingerprint density at radius 1 is 1.04 bits per heavy atom. The average molecular weight is 355 g/mol. The molecule has 3 N–H and O–H groups in total. The molecule has 0 unspecified atom stereocenters. The molecule has 2 aromatic rings. The van der Waals surface area contributed by atoms with Gasteiger partial charge in [-0.05, 0) is 49.7 Å². The van der Waals surface area contributed by atoms with Crippen molar-refractivity contribution in [3.05, 3.63) is 36.4 Å². The van der Waals surface area contributed by atoms with E-state index in [1.807, 2.05) is 30.3 Å². The van der Waals surface area contributed by atoms with Crippen molar-refractivity contribution in [2.75, 3.05) is 25.1 Å². The highest BCUT2D eigenvalue weighted by Gasteiger charge is 2.13. The first kappa shape index (κ1) is 18.2. The van der Waals surface area contributed by atoms with E-state index in [2.05, 4.69) is 10.3 Å². The van der Waals surface area contributed by atoms with Crippen molar-refractivity contribution in [2.24, 2.45) is 5.73 Å². The number of hydrogen-bond acceptors (Lipinski definition) is 5. The quantitative estimate of drug-likeness (QED) is 0.709. The van der Waals surface area contributed by atoms with Crippen LogP contribution in [-0.4, -0.2) is 30.6 Å². The van der Waals surface area contributed by atoms with Gasteiger partial charge in [-0.2, -0.15) is 0 Å². The minimum atomic E-state index is -0.00965. The van der Waals surface area contributed by atoms with Gasteiger partial charge in [-0.25, -0.2) is 4.98 Å². The predicted octanol–water partition coefficient (Wildman–Crippen LogP) is 3.37. The third-order valence-corrected chi connectivity index (χ3v) is 4.21. The molecule has 0 spiro atoms. The second-order valence-electron chi connectivity index (χ2n) is 6.27. The van der Waals surface area contributed by atoms with Crippen molar-refractivity contribution in [1.29, 1.82) is 0 Å². The number of carbonyl (C=O) groups is 1. The van der Waals surface area contributed by atoms with Gasteiger partial charge < -0.3 is 20.5 Å². The fraction of sp³-hybridized carbons (Fsp3) is 0.400. The Hall–Kier alpha value is -2.60. The van der Waals surface area contributed by atoms with Crippen LogP contribution >= 0.6 is 0 Å². The SMILES string of the molecule is NCCCCCCC(=O)Nc1cccc(-c2ccc3c(c2)OCCO3)n1. The fourth-order valence-electron chi connectivity index (χ4n) is 2.86. The second kappa shape index (κ2) is 9.20. The molecular weight excluding hydrogens is 330 g/mol. The van der Waals surface area contributed by atoms with Crippen LogP contribution in [0.4, 0.5) is 5.82 Å². The lowest BCUT2D eigenvalue weighted by Crippen LogP contribution is -2.15. The number of pyridine rings is 1. The number of amides is 1. The lowest BCUT2D eigenvalue weighted by atomic mass is 10.1. The molecule has 6 nitrogen and oxygen atoms in total. The molecule has 2 heterocycles. The molecule has 0 bridgehead atoms. The molecule has 6 heteroatoms. The zero-order valence-electron chi connectivity index (χ0n) is 14.9. The van der Waals surface area contributed by atoms with Crippen LogP contribution in [0.25, 0.3) is 11.3 Å². The number of ether oxygens (including phenoxy) is 2. The Labute approximate surface area is 153 Å². The van der Waals surface area contributed by atoms with Gasteiger partial charge in [0.1, 0.15) is 19.0 Å². The number of fused-ring (bicyclic) bond motifs is 1. The van der Waals surface area contributed by atoms with E-state index in [0.717, 1.165) is 48.4 Å². The number of hydrogen-bond donors (Lipinski definition) is 2. The summed E-state index contributed by atoms with van der Waals surface area (Å²) in [7, 11) is 0. The van der Waals surface area contributed by atoms with Crippen molar-refractivity contribution >= 4 is 11.7 Å². The summed E-state index contributed by atoms with van der Waals surface area (Å²) in [6, 6.07) is 11.3. The molecule has 0 fully saturated rings. The number of unbranched alkanes of at least 4 members (excludes halogenated alkanes) is 3. The molecule has 0 saturated heterocycles. The molecule has 1 aromatic heterocycles. The van der Waals surface area contributed by atoms with Crippen LogP contribution in [0.2, 0.25) is 0 Å².